The molecule has 4 rings (SSSR count). The topological polar surface area (TPSA) is 101 Å². The molecule has 0 saturated carbocycles. The number of anilines is 1. The average molecular weight is 447 g/mol. The Morgan fingerprint density at radius 2 is 1.90 bits per heavy atom. The van der Waals surface area contributed by atoms with Gasteiger partial charge in [0, 0.05) is 56.5 Å². The second-order valence-corrected chi connectivity index (χ2v) is 10.9. The lowest BCUT2D eigenvalue weighted by Crippen LogP contribution is -2.33. The van der Waals surface area contributed by atoms with Crippen molar-refractivity contribution in [2.45, 2.75) is 64.3 Å². The van der Waals surface area contributed by atoms with Crippen molar-refractivity contribution in [1.29, 1.82) is 0 Å². The number of fused-ring (bicyclic) bond motifs is 1. The number of rotatable bonds is 5. The molecule has 0 aliphatic carbocycles. The van der Waals surface area contributed by atoms with Crippen LogP contribution in [0, 0.1) is 19.8 Å². The van der Waals surface area contributed by atoms with Crippen LogP contribution in [-0.2, 0) is 27.8 Å². The quantitative estimate of drug-likeness (QED) is 0.697. The molecule has 2 aromatic heterocycles. The zero-order valence-corrected chi connectivity index (χ0v) is 19.6. The maximum absolute atomic E-state index is 13.3. The number of hydrogen-bond donors (Lipinski definition) is 0. The minimum atomic E-state index is -3.64. The Labute approximate surface area is 183 Å². The number of amides is 1. The Hall–Kier alpha value is -2.33. The summed E-state index contributed by atoms with van der Waals surface area (Å²) in [6.07, 6.45) is 3.40. The van der Waals surface area contributed by atoms with Crippen molar-refractivity contribution in [2.24, 2.45) is 5.92 Å². The first-order chi connectivity index (χ1) is 14.6. The van der Waals surface area contributed by atoms with E-state index in [0.29, 0.717) is 62.2 Å². The number of nitrogens with zero attached hydrogens (tertiary/aromatic N) is 6. The lowest BCUT2D eigenvalue weighted by molar-refractivity contribution is -0.118. The zero-order valence-electron chi connectivity index (χ0n) is 18.8. The third-order valence-electron chi connectivity index (χ3n) is 6.08. The second-order valence-electron chi connectivity index (χ2n) is 8.97. The Morgan fingerprint density at radius 1 is 1.16 bits per heavy atom. The zero-order chi connectivity index (χ0) is 22.5. The molecule has 1 atom stereocenters. The van der Waals surface area contributed by atoms with Crippen molar-refractivity contribution in [1.82, 2.24) is 24.1 Å². The van der Waals surface area contributed by atoms with E-state index in [4.69, 9.17) is 0 Å². The van der Waals surface area contributed by atoms with Gasteiger partial charge in [-0.05, 0) is 32.6 Å². The van der Waals surface area contributed by atoms with E-state index in [1.54, 1.807) is 29.7 Å². The molecule has 2 aliphatic heterocycles. The van der Waals surface area contributed by atoms with E-state index in [1.807, 2.05) is 6.92 Å². The van der Waals surface area contributed by atoms with Crippen LogP contribution < -0.4 is 4.90 Å². The van der Waals surface area contributed by atoms with Gasteiger partial charge in [0.15, 0.2) is 0 Å². The summed E-state index contributed by atoms with van der Waals surface area (Å²) in [7, 11) is -1.91. The molecule has 0 aromatic carbocycles. The first-order valence-electron chi connectivity index (χ1n) is 10.8. The molecule has 31 heavy (non-hydrogen) atoms. The van der Waals surface area contributed by atoms with Crippen molar-refractivity contribution in [3.05, 3.63) is 29.0 Å². The van der Waals surface area contributed by atoms with Gasteiger partial charge in [-0.3, -0.25) is 14.4 Å². The van der Waals surface area contributed by atoms with Crippen LogP contribution >= 0.6 is 0 Å². The Kier molecular flexibility index (Phi) is 5.63. The fraction of sp³-hybridized carbons (Fsp3) is 0.619. The Bertz CT molecular complexity index is 1120. The van der Waals surface area contributed by atoms with Gasteiger partial charge in [0.25, 0.3) is 0 Å². The van der Waals surface area contributed by atoms with Crippen molar-refractivity contribution in [3.63, 3.8) is 0 Å². The van der Waals surface area contributed by atoms with E-state index < -0.39 is 10.0 Å². The van der Waals surface area contributed by atoms with E-state index in [0.717, 1.165) is 11.3 Å². The molecule has 2 aliphatic rings. The number of aryl methyl sites for hydroxylation is 2. The van der Waals surface area contributed by atoms with Gasteiger partial charge in [-0.1, -0.05) is 13.8 Å². The summed E-state index contributed by atoms with van der Waals surface area (Å²) >= 11 is 0. The third-order valence-corrected chi connectivity index (χ3v) is 8.05. The van der Waals surface area contributed by atoms with Crippen LogP contribution in [0.25, 0.3) is 0 Å². The molecular formula is C21H30N6O3S. The van der Waals surface area contributed by atoms with Crippen molar-refractivity contribution >= 4 is 21.7 Å². The lowest BCUT2D eigenvalue weighted by atomic mass is 10.0. The van der Waals surface area contributed by atoms with E-state index in [1.165, 1.54) is 4.31 Å². The highest BCUT2D eigenvalue weighted by atomic mass is 32.2. The number of carbonyl (C=O) groups is 1. The predicted octanol–water partition coefficient (Wildman–Crippen LogP) is 2.03. The molecule has 0 bridgehead atoms. The van der Waals surface area contributed by atoms with Crippen LogP contribution in [-0.4, -0.2) is 58.5 Å². The predicted molar refractivity (Wildman–Crippen MR) is 116 cm³/mol. The summed E-state index contributed by atoms with van der Waals surface area (Å²) < 4.78 is 29.8. The maximum Gasteiger partial charge on any atom is 0.246 e. The molecule has 10 heteroatoms. The van der Waals surface area contributed by atoms with Gasteiger partial charge in [-0.2, -0.15) is 9.40 Å². The van der Waals surface area contributed by atoms with Gasteiger partial charge in [0.1, 0.15) is 16.5 Å². The summed E-state index contributed by atoms with van der Waals surface area (Å²) in [5.41, 5.74) is 2.39. The molecule has 2 aromatic rings. The molecule has 168 valence electrons. The Balaban J connectivity index is 1.58. The van der Waals surface area contributed by atoms with Crippen LogP contribution in [0.2, 0.25) is 0 Å². The smallest absolute Gasteiger partial charge is 0.246 e. The SMILES string of the molecule is Cc1nn(CC(C)C)cc1S(=O)(=O)N1CCC(c2nc(C)c3c(n2)N(C)C(=O)CC3)C1. The van der Waals surface area contributed by atoms with Gasteiger partial charge in [0.05, 0.1) is 5.69 Å². The van der Waals surface area contributed by atoms with E-state index >= 15 is 0 Å². The van der Waals surface area contributed by atoms with Crippen LogP contribution in [0.5, 0.6) is 0 Å². The molecule has 0 N–H and O–H groups in total. The van der Waals surface area contributed by atoms with Gasteiger partial charge in [0.2, 0.25) is 15.9 Å². The molecule has 9 nitrogen and oxygen atoms in total. The average Bonchev–Trinajstić information content (AvgIpc) is 3.32. The normalized spacial score (nSPS) is 20.0. The largest absolute Gasteiger partial charge is 0.300 e. The van der Waals surface area contributed by atoms with E-state index in [2.05, 4.69) is 28.9 Å². The Morgan fingerprint density at radius 3 is 2.61 bits per heavy atom. The molecular weight excluding hydrogens is 416 g/mol. The van der Waals surface area contributed by atoms with Crippen LogP contribution in [0.15, 0.2) is 11.1 Å². The number of aromatic nitrogens is 4. The summed E-state index contributed by atoms with van der Waals surface area (Å²) in [5.74, 6) is 1.59. The minimum Gasteiger partial charge on any atom is -0.300 e. The highest BCUT2D eigenvalue weighted by Gasteiger charge is 2.37. The molecule has 1 amide bonds. The molecule has 0 spiro atoms. The van der Waals surface area contributed by atoms with E-state index in [9.17, 15) is 13.2 Å². The molecule has 4 heterocycles. The summed E-state index contributed by atoms with van der Waals surface area (Å²) in [4.78, 5) is 23.3. The first-order valence-corrected chi connectivity index (χ1v) is 12.2. The van der Waals surface area contributed by atoms with Crippen molar-refractivity contribution < 1.29 is 13.2 Å². The van der Waals surface area contributed by atoms with Crippen LogP contribution in [0.3, 0.4) is 0 Å². The molecule has 1 fully saturated rings. The summed E-state index contributed by atoms with van der Waals surface area (Å²) in [6, 6.07) is 0. The number of carbonyl (C=O) groups excluding carboxylic acids is 1. The summed E-state index contributed by atoms with van der Waals surface area (Å²) in [6.45, 7) is 9.23. The van der Waals surface area contributed by atoms with Crippen molar-refractivity contribution in [3.8, 4) is 0 Å². The van der Waals surface area contributed by atoms with Crippen molar-refractivity contribution in [2.75, 3.05) is 25.0 Å². The highest BCUT2D eigenvalue weighted by Crippen LogP contribution is 2.33. The molecule has 0 radical (unpaired) electrons. The fourth-order valence-corrected chi connectivity index (χ4v) is 6.06. The van der Waals surface area contributed by atoms with Crippen LogP contribution in [0.4, 0.5) is 5.82 Å². The highest BCUT2D eigenvalue weighted by molar-refractivity contribution is 7.89. The fourth-order valence-electron chi connectivity index (χ4n) is 4.39. The van der Waals surface area contributed by atoms with Gasteiger partial charge >= 0.3 is 0 Å². The number of hydrogen-bond acceptors (Lipinski definition) is 6. The van der Waals surface area contributed by atoms with E-state index in [-0.39, 0.29) is 16.7 Å². The second kappa shape index (κ2) is 7.98. The van der Waals surface area contributed by atoms with Crippen LogP contribution in [0.1, 0.15) is 55.4 Å². The molecule has 1 unspecified atom stereocenters. The minimum absolute atomic E-state index is 0.0426. The van der Waals surface area contributed by atoms with Gasteiger partial charge in [-0.25, -0.2) is 18.4 Å². The van der Waals surface area contributed by atoms with Gasteiger partial charge in [-0.15, -0.1) is 0 Å². The third kappa shape index (κ3) is 3.98. The summed E-state index contributed by atoms with van der Waals surface area (Å²) in [5, 5.41) is 4.39. The standard InChI is InChI=1S/C21H30N6O3S/c1-13(2)10-26-12-18(15(4)24-26)31(29,30)27-9-8-16(11-27)20-22-14(3)17-6-7-19(28)25(5)21(17)23-20/h12-13,16H,6-11H2,1-5H3. The first kappa shape index (κ1) is 21.9. The maximum atomic E-state index is 13.3. The molecule has 1 saturated heterocycles. The number of sulfonamides is 1. The monoisotopic (exact) mass is 446 g/mol. The lowest BCUT2D eigenvalue weighted by Gasteiger charge is -2.26. The van der Waals surface area contributed by atoms with Gasteiger partial charge < -0.3 is 0 Å².